The normalized spacial score (nSPS) is 14.8. The van der Waals surface area contributed by atoms with E-state index in [0.717, 1.165) is 0 Å². The Morgan fingerprint density at radius 3 is 2.06 bits per heavy atom. The van der Waals surface area contributed by atoms with Crippen LogP contribution in [0.25, 0.3) is 0 Å². The maximum Gasteiger partial charge on any atom is 0.277 e. The largest absolute Gasteiger partial charge is 0.286 e. The fourth-order valence-corrected chi connectivity index (χ4v) is 4.46. The van der Waals surface area contributed by atoms with Gasteiger partial charge in [-0.2, -0.15) is 29.5 Å². The summed E-state index contributed by atoms with van der Waals surface area (Å²) in [7, 11) is -5.25. The third-order valence-corrected chi connectivity index (χ3v) is 6.82. The lowest BCUT2D eigenvalue weighted by Gasteiger charge is -2.06. The van der Waals surface area contributed by atoms with Gasteiger partial charge in [-0.05, 0) is 12.8 Å². The third-order valence-electron chi connectivity index (χ3n) is 1.51. The van der Waals surface area contributed by atoms with Gasteiger partial charge in [-0.25, -0.2) is 0 Å². The first kappa shape index (κ1) is 17.9. The van der Waals surface area contributed by atoms with Crippen molar-refractivity contribution >= 4 is 54.5 Å². The van der Waals surface area contributed by atoms with Crippen LogP contribution in [0, 0.1) is 0 Å². The highest BCUT2D eigenvalue weighted by atomic mass is 33.1. The van der Waals surface area contributed by atoms with Crippen LogP contribution in [0.15, 0.2) is 0 Å². The summed E-state index contributed by atoms with van der Waals surface area (Å²) in [5, 5.41) is 0. The molecule has 0 saturated heterocycles. The maximum atomic E-state index is 10.6. The van der Waals surface area contributed by atoms with Crippen molar-refractivity contribution in [2.75, 3.05) is 17.3 Å². The van der Waals surface area contributed by atoms with Crippen molar-refractivity contribution in [3.8, 4) is 0 Å². The Bertz CT molecular complexity index is 401. The number of hydrogen-bond acceptors (Lipinski definition) is 7. The Labute approximate surface area is 115 Å². The van der Waals surface area contributed by atoms with Crippen molar-refractivity contribution in [3.63, 3.8) is 0 Å². The van der Waals surface area contributed by atoms with Gasteiger partial charge in [-0.1, -0.05) is 21.6 Å². The highest BCUT2D eigenvalue weighted by Crippen LogP contribution is 2.25. The summed E-state index contributed by atoms with van der Waals surface area (Å²) in [6.07, 6.45) is 0.539. The standard InChI is InChI=1S/C6H14O6S5/c7-16(8,9)5-1-3-14-15-4-2-6(13)17(10,11)12/h6,13H,1-5H2,(H,7,8,9)(H,10,11,12). The first-order chi connectivity index (χ1) is 7.63. The van der Waals surface area contributed by atoms with Crippen LogP contribution in [0.2, 0.25) is 0 Å². The average molecular weight is 343 g/mol. The van der Waals surface area contributed by atoms with E-state index < -0.39 is 24.8 Å². The SMILES string of the molecule is O=S(=O)(O)CCCSSCCC(S)S(=O)(=O)O. The molecule has 0 fully saturated rings. The maximum absolute atomic E-state index is 10.6. The molecule has 0 aromatic rings. The first-order valence-electron chi connectivity index (χ1n) is 4.47. The highest BCUT2D eigenvalue weighted by Gasteiger charge is 2.17. The lowest BCUT2D eigenvalue weighted by Crippen LogP contribution is -2.14. The molecule has 0 aliphatic heterocycles. The Kier molecular flexibility index (Phi) is 8.54. The van der Waals surface area contributed by atoms with Crippen LogP contribution < -0.4 is 0 Å². The molecule has 0 radical (unpaired) electrons. The molecule has 0 spiro atoms. The zero-order valence-electron chi connectivity index (χ0n) is 8.72. The molecule has 2 N–H and O–H groups in total. The van der Waals surface area contributed by atoms with E-state index in [2.05, 4.69) is 12.6 Å². The Morgan fingerprint density at radius 1 is 1.06 bits per heavy atom. The van der Waals surface area contributed by atoms with Gasteiger partial charge in [-0.3, -0.25) is 9.11 Å². The van der Waals surface area contributed by atoms with E-state index in [-0.39, 0.29) is 12.2 Å². The molecule has 0 amide bonds. The zero-order chi connectivity index (χ0) is 13.5. The lowest BCUT2D eigenvalue weighted by atomic mass is 10.6. The van der Waals surface area contributed by atoms with Crippen LogP contribution in [0.1, 0.15) is 12.8 Å². The molecule has 1 atom stereocenters. The molecular formula is C6H14O6S5. The number of thiol groups is 1. The monoisotopic (exact) mass is 342 g/mol. The summed E-state index contributed by atoms with van der Waals surface area (Å²) in [4.78, 5) is 0. The van der Waals surface area contributed by atoms with Crippen LogP contribution in [-0.4, -0.2) is 47.8 Å². The predicted molar refractivity (Wildman–Crippen MR) is 74.9 cm³/mol. The average Bonchev–Trinajstić information content (AvgIpc) is 2.12. The molecule has 0 aliphatic carbocycles. The quantitative estimate of drug-likeness (QED) is 0.248. The van der Waals surface area contributed by atoms with Gasteiger partial charge in [0, 0.05) is 11.5 Å². The molecular weight excluding hydrogens is 328 g/mol. The highest BCUT2D eigenvalue weighted by molar-refractivity contribution is 8.76. The summed E-state index contributed by atoms with van der Waals surface area (Å²) in [5.41, 5.74) is 0. The molecule has 0 aliphatic rings. The molecule has 1 unspecified atom stereocenters. The molecule has 17 heavy (non-hydrogen) atoms. The van der Waals surface area contributed by atoms with Crippen molar-refractivity contribution in [1.82, 2.24) is 0 Å². The van der Waals surface area contributed by atoms with Crippen LogP contribution >= 0.6 is 34.2 Å². The molecule has 0 saturated carbocycles. The van der Waals surface area contributed by atoms with E-state index in [4.69, 9.17) is 9.11 Å². The van der Waals surface area contributed by atoms with Crippen molar-refractivity contribution in [2.45, 2.75) is 17.4 Å². The van der Waals surface area contributed by atoms with Crippen LogP contribution in [0.4, 0.5) is 0 Å². The first-order valence-corrected chi connectivity index (χ1v) is 10.6. The fourth-order valence-electron chi connectivity index (χ4n) is 0.716. The second-order valence-corrected chi connectivity index (χ2v) is 9.89. The van der Waals surface area contributed by atoms with Crippen molar-refractivity contribution in [3.05, 3.63) is 0 Å². The Balaban J connectivity index is 3.49. The summed E-state index contributed by atoms with van der Waals surface area (Å²) >= 11 is 3.72. The molecule has 104 valence electrons. The van der Waals surface area contributed by atoms with E-state index in [9.17, 15) is 16.8 Å². The van der Waals surface area contributed by atoms with E-state index in [1.54, 1.807) is 0 Å². The van der Waals surface area contributed by atoms with Gasteiger partial charge in [-0.15, -0.1) is 0 Å². The van der Waals surface area contributed by atoms with Gasteiger partial charge in [0.05, 0.1) is 5.75 Å². The zero-order valence-corrected chi connectivity index (χ0v) is 12.9. The van der Waals surface area contributed by atoms with Crippen LogP contribution in [0.5, 0.6) is 0 Å². The summed E-state index contributed by atoms with van der Waals surface area (Å²) in [6, 6.07) is 0. The minimum absolute atomic E-state index is 0.206. The molecule has 0 aromatic heterocycles. The van der Waals surface area contributed by atoms with E-state index in [1.165, 1.54) is 21.6 Å². The number of hydrogen-bond donors (Lipinski definition) is 3. The minimum atomic E-state index is -4.09. The summed E-state index contributed by atoms with van der Waals surface area (Å²) < 4.78 is 57.8. The van der Waals surface area contributed by atoms with Gasteiger partial charge in [0.1, 0.15) is 4.58 Å². The molecule has 0 rings (SSSR count). The van der Waals surface area contributed by atoms with Gasteiger partial charge >= 0.3 is 0 Å². The predicted octanol–water partition coefficient (Wildman–Crippen LogP) is 1.18. The van der Waals surface area contributed by atoms with Gasteiger partial charge in [0.2, 0.25) is 0 Å². The van der Waals surface area contributed by atoms with Gasteiger partial charge < -0.3 is 0 Å². The fraction of sp³-hybridized carbons (Fsp3) is 1.00. The van der Waals surface area contributed by atoms with Gasteiger partial charge in [0.15, 0.2) is 0 Å². The minimum Gasteiger partial charge on any atom is -0.286 e. The van der Waals surface area contributed by atoms with E-state index in [0.29, 0.717) is 17.9 Å². The smallest absolute Gasteiger partial charge is 0.277 e. The number of rotatable bonds is 9. The molecule has 0 heterocycles. The second-order valence-electron chi connectivity index (χ2n) is 3.04. The van der Waals surface area contributed by atoms with E-state index >= 15 is 0 Å². The molecule has 0 aromatic carbocycles. The van der Waals surface area contributed by atoms with E-state index in [1.807, 2.05) is 0 Å². The van der Waals surface area contributed by atoms with Gasteiger partial charge in [0.25, 0.3) is 20.2 Å². The Morgan fingerprint density at radius 2 is 1.59 bits per heavy atom. The lowest BCUT2D eigenvalue weighted by molar-refractivity contribution is 0.478. The van der Waals surface area contributed by atoms with Crippen LogP contribution in [-0.2, 0) is 20.2 Å². The second kappa shape index (κ2) is 8.12. The Hall–Kier alpha value is 0.870. The molecule has 0 bridgehead atoms. The third kappa shape index (κ3) is 11.7. The van der Waals surface area contributed by atoms with Crippen molar-refractivity contribution in [2.24, 2.45) is 0 Å². The summed E-state index contributed by atoms with van der Waals surface area (Å²) in [6.45, 7) is 0. The molecule has 6 nitrogen and oxygen atoms in total. The van der Waals surface area contributed by atoms with Crippen molar-refractivity contribution < 1.29 is 25.9 Å². The molecule has 11 heteroatoms. The topological polar surface area (TPSA) is 109 Å². The van der Waals surface area contributed by atoms with Crippen molar-refractivity contribution in [1.29, 1.82) is 0 Å². The summed E-state index contributed by atoms with van der Waals surface area (Å²) in [5.74, 6) is 0.735. The van der Waals surface area contributed by atoms with Crippen LogP contribution in [0.3, 0.4) is 0 Å².